The fraction of sp³-hybridized carbons (Fsp3) is 0.222. The second-order valence-corrected chi connectivity index (χ2v) is 7.07. The Kier molecular flexibility index (Phi) is 5.43. The van der Waals surface area contributed by atoms with E-state index in [1.807, 2.05) is 28.8 Å². The van der Waals surface area contributed by atoms with Gasteiger partial charge in [0.15, 0.2) is 5.69 Å². The number of alkyl halides is 3. The average molecular weight is 395 g/mol. The van der Waals surface area contributed by atoms with Crippen LogP contribution in [0.5, 0.6) is 5.75 Å². The highest BCUT2D eigenvalue weighted by Gasteiger charge is 2.35. The first-order valence-corrected chi connectivity index (χ1v) is 9.41. The van der Waals surface area contributed by atoms with Gasteiger partial charge in [0.1, 0.15) is 12.0 Å². The van der Waals surface area contributed by atoms with Crippen molar-refractivity contribution in [2.75, 3.05) is 13.4 Å². The van der Waals surface area contributed by atoms with E-state index in [-0.39, 0.29) is 10.9 Å². The summed E-state index contributed by atoms with van der Waals surface area (Å²) in [5, 5.41) is -0.347. The second kappa shape index (κ2) is 7.61. The molecule has 0 spiro atoms. The molecule has 0 amide bonds. The maximum absolute atomic E-state index is 13.1. The Labute approximate surface area is 157 Å². The van der Waals surface area contributed by atoms with E-state index in [2.05, 4.69) is 9.97 Å². The van der Waals surface area contributed by atoms with Crippen molar-refractivity contribution in [3.05, 3.63) is 60.0 Å². The van der Waals surface area contributed by atoms with E-state index >= 15 is 0 Å². The number of rotatable bonds is 5. The Balaban J connectivity index is 1.92. The monoisotopic (exact) mass is 395 g/mol. The number of aromatic nitrogens is 3. The summed E-state index contributed by atoms with van der Waals surface area (Å²) < 4.78 is 57.9. The summed E-state index contributed by atoms with van der Waals surface area (Å²) >= 11 is -1.73. The topological polar surface area (TPSA) is 63.0 Å². The molecule has 0 saturated carbocycles. The van der Waals surface area contributed by atoms with E-state index in [0.717, 1.165) is 17.4 Å². The van der Waals surface area contributed by atoms with Gasteiger partial charge in [-0.3, -0.25) is 0 Å². The number of benzene rings is 1. The van der Waals surface area contributed by atoms with Gasteiger partial charge >= 0.3 is 11.3 Å². The highest BCUT2D eigenvalue weighted by atomic mass is 32.2. The van der Waals surface area contributed by atoms with E-state index in [0.29, 0.717) is 12.1 Å². The van der Waals surface area contributed by atoms with Crippen LogP contribution in [0.3, 0.4) is 0 Å². The average Bonchev–Trinajstić information content (AvgIpc) is 3.09. The predicted octanol–water partition coefficient (Wildman–Crippen LogP) is 3.76. The van der Waals surface area contributed by atoms with E-state index in [9.17, 15) is 17.7 Å². The number of hydrogen-bond acceptors (Lipinski definition) is 4. The SMILES string of the molecule is COc1cccc(Cn2ccc(-c3cc(C(F)(F)F)nc([S+](C)[O-])n3)c2)c1. The van der Waals surface area contributed by atoms with Crippen LogP contribution in [-0.2, 0) is 23.9 Å². The minimum absolute atomic E-state index is 0.0758. The molecule has 0 radical (unpaired) electrons. The van der Waals surface area contributed by atoms with Gasteiger partial charge in [-0.15, -0.1) is 0 Å². The van der Waals surface area contributed by atoms with Crippen LogP contribution in [0.25, 0.3) is 11.3 Å². The predicted molar refractivity (Wildman–Crippen MR) is 94.9 cm³/mol. The van der Waals surface area contributed by atoms with Gasteiger partial charge in [-0.2, -0.15) is 23.1 Å². The molecule has 2 aromatic heterocycles. The standard InChI is InChI=1S/C18H16F3N3O2S/c1-26-14-5-3-4-12(8-14)10-24-7-6-13(11-24)15-9-16(18(19,20)21)23-17(22-15)27(2)25/h3-9,11H,10H2,1-2H3. The molecule has 1 atom stereocenters. The molecule has 3 rings (SSSR count). The van der Waals surface area contributed by atoms with Gasteiger partial charge < -0.3 is 13.9 Å². The first-order chi connectivity index (χ1) is 12.8. The number of ether oxygens (including phenoxy) is 1. The zero-order valence-electron chi connectivity index (χ0n) is 14.5. The van der Waals surface area contributed by atoms with Crippen molar-refractivity contribution in [1.29, 1.82) is 0 Å². The maximum Gasteiger partial charge on any atom is 0.433 e. The number of nitrogens with zero attached hydrogens (tertiary/aromatic N) is 3. The van der Waals surface area contributed by atoms with E-state index in [1.165, 1.54) is 6.26 Å². The number of hydrogen-bond donors (Lipinski definition) is 0. The maximum atomic E-state index is 13.1. The molecule has 0 aliphatic carbocycles. The van der Waals surface area contributed by atoms with Crippen molar-refractivity contribution in [3.8, 4) is 17.0 Å². The molecular weight excluding hydrogens is 379 g/mol. The highest BCUT2D eigenvalue weighted by molar-refractivity contribution is 7.90. The van der Waals surface area contributed by atoms with Crippen molar-refractivity contribution >= 4 is 11.2 Å². The summed E-state index contributed by atoms with van der Waals surface area (Å²) in [5.74, 6) is 0.723. The fourth-order valence-corrected chi connectivity index (χ4v) is 2.97. The van der Waals surface area contributed by atoms with Gasteiger partial charge in [-0.25, -0.2) is 0 Å². The second-order valence-electron chi connectivity index (χ2n) is 5.80. The minimum atomic E-state index is -4.64. The lowest BCUT2D eigenvalue weighted by molar-refractivity contribution is -0.141. The zero-order valence-corrected chi connectivity index (χ0v) is 15.3. The summed E-state index contributed by atoms with van der Waals surface area (Å²) in [4.78, 5) is 7.39. The third-order valence-electron chi connectivity index (χ3n) is 3.80. The molecule has 0 N–H and O–H groups in total. The lowest BCUT2D eigenvalue weighted by Gasteiger charge is -2.10. The highest BCUT2D eigenvalue weighted by Crippen LogP contribution is 2.31. The quantitative estimate of drug-likeness (QED) is 0.488. The molecule has 5 nitrogen and oxygen atoms in total. The summed E-state index contributed by atoms with van der Waals surface area (Å²) in [5.41, 5.74) is 0.424. The molecule has 0 fully saturated rings. The van der Waals surface area contributed by atoms with Crippen LogP contribution in [0.1, 0.15) is 11.3 Å². The molecule has 3 aromatic rings. The van der Waals surface area contributed by atoms with E-state index in [4.69, 9.17) is 4.74 Å². The Hall–Kier alpha value is -2.52. The van der Waals surface area contributed by atoms with Gasteiger partial charge in [0.05, 0.1) is 12.8 Å². The van der Waals surface area contributed by atoms with Gasteiger partial charge in [0, 0.05) is 35.7 Å². The summed E-state index contributed by atoms with van der Waals surface area (Å²) in [7, 11) is 1.58. The molecule has 1 aromatic carbocycles. The molecule has 27 heavy (non-hydrogen) atoms. The van der Waals surface area contributed by atoms with E-state index < -0.39 is 23.0 Å². The Bertz CT molecular complexity index is 942. The fourth-order valence-electron chi connectivity index (χ4n) is 2.52. The van der Waals surface area contributed by atoms with Crippen LogP contribution in [0, 0.1) is 0 Å². The Morgan fingerprint density at radius 1 is 1.19 bits per heavy atom. The minimum Gasteiger partial charge on any atom is -0.609 e. The van der Waals surface area contributed by atoms with Crippen LogP contribution >= 0.6 is 0 Å². The largest absolute Gasteiger partial charge is 0.609 e. The van der Waals surface area contributed by atoms with E-state index in [1.54, 1.807) is 25.6 Å². The molecule has 142 valence electrons. The van der Waals surface area contributed by atoms with Crippen LogP contribution < -0.4 is 4.74 Å². The molecular formula is C18H16F3N3O2S. The first kappa shape index (κ1) is 19.2. The zero-order chi connectivity index (χ0) is 19.6. The molecule has 0 aliphatic rings. The van der Waals surface area contributed by atoms with Crippen LogP contribution in [0.4, 0.5) is 13.2 Å². The van der Waals surface area contributed by atoms with Crippen molar-refractivity contribution < 1.29 is 22.5 Å². The summed E-state index contributed by atoms with van der Waals surface area (Å²) in [6.45, 7) is 0.515. The lowest BCUT2D eigenvalue weighted by atomic mass is 10.2. The van der Waals surface area contributed by atoms with Gasteiger partial charge in [-0.1, -0.05) is 12.1 Å². The molecule has 0 bridgehead atoms. The third kappa shape index (κ3) is 4.61. The molecule has 2 heterocycles. The third-order valence-corrected chi connectivity index (χ3v) is 4.50. The Morgan fingerprint density at radius 2 is 1.96 bits per heavy atom. The van der Waals surface area contributed by atoms with Gasteiger partial charge in [-0.05, 0) is 29.8 Å². The summed E-state index contributed by atoms with van der Waals surface area (Å²) in [6.07, 6.45) is 0.0271. The van der Waals surface area contributed by atoms with Crippen molar-refractivity contribution in [1.82, 2.24) is 14.5 Å². The molecule has 1 unspecified atom stereocenters. The van der Waals surface area contributed by atoms with Crippen molar-refractivity contribution in [2.24, 2.45) is 0 Å². The van der Waals surface area contributed by atoms with Gasteiger partial charge in [0.25, 0.3) is 0 Å². The van der Waals surface area contributed by atoms with Crippen LogP contribution in [0.15, 0.2) is 53.9 Å². The van der Waals surface area contributed by atoms with Crippen LogP contribution in [-0.4, -0.2) is 32.5 Å². The number of halogens is 3. The van der Waals surface area contributed by atoms with Crippen molar-refractivity contribution in [2.45, 2.75) is 17.9 Å². The molecule has 0 aliphatic heterocycles. The number of methoxy groups -OCH3 is 1. The molecule has 9 heteroatoms. The van der Waals surface area contributed by atoms with Crippen molar-refractivity contribution in [3.63, 3.8) is 0 Å². The van der Waals surface area contributed by atoms with Gasteiger partial charge in [0.2, 0.25) is 0 Å². The lowest BCUT2D eigenvalue weighted by Crippen LogP contribution is -2.14. The Morgan fingerprint density at radius 3 is 2.63 bits per heavy atom. The molecule has 0 saturated heterocycles. The first-order valence-electron chi connectivity index (χ1n) is 7.85. The summed E-state index contributed by atoms with van der Waals surface area (Å²) in [6, 6.07) is 10.0. The normalized spacial score (nSPS) is 12.8. The smallest absolute Gasteiger partial charge is 0.433 e. The van der Waals surface area contributed by atoms with Crippen LogP contribution in [0.2, 0.25) is 0 Å².